The lowest BCUT2D eigenvalue weighted by Crippen LogP contribution is -2.21. The van der Waals surface area contributed by atoms with Crippen LogP contribution in [0.15, 0.2) is 48.5 Å². The molecule has 0 fully saturated rings. The highest BCUT2D eigenvalue weighted by molar-refractivity contribution is 6.05. The van der Waals surface area contributed by atoms with Gasteiger partial charge in [0.15, 0.2) is 0 Å². The second-order valence-corrected chi connectivity index (χ2v) is 5.75. The van der Waals surface area contributed by atoms with E-state index in [1.54, 1.807) is 19.0 Å². The maximum Gasteiger partial charge on any atom is 0.255 e. The Morgan fingerprint density at radius 3 is 2.26 bits per heavy atom. The first-order chi connectivity index (χ1) is 11.0. The number of anilines is 1. The maximum absolute atomic E-state index is 12.2. The van der Waals surface area contributed by atoms with E-state index < -0.39 is 0 Å². The first kappa shape index (κ1) is 16.7. The van der Waals surface area contributed by atoms with E-state index in [2.05, 4.69) is 5.32 Å². The minimum atomic E-state index is -0.112. The number of carbonyl (C=O) groups excluding carboxylic acids is 2. The molecule has 0 heterocycles. The van der Waals surface area contributed by atoms with Gasteiger partial charge >= 0.3 is 0 Å². The molecule has 2 aromatic carbocycles. The molecule has 120 valence electrons. The Hall–Kier alpha value is -2.62. The Balaban J connectivity index is 1.96. The van der Waals surface area contributed by atoms with Gasteiger partial charge in [0.25, 0.3) is 5.91 Å². The van der Waals surface area contributed by atoms with Gasteiger partial charge in [0.05, 0.1) is 0 Å². The molecule has 1 N–H and O–H groups in total. The molecule has 4 heteroatoms. The van der Waals surface area contributed by atoms with Gasteiger partial charge in [-0.1, -0.05) is 30.3 Å². The molecule has 0 bridgehead atoms. The highest BCUT2D eigenvalue weighted by atomic mass is 16.2. The maximum atomic E-state index is 12.2. The molecule has 0 aliphatic rings. The Labute approximate surface area is 137 Å². The van der Waals surface area contributed by atoms with Crippen molar-refractivity contribution in [3.8, 4) is 0 Å². The molecule has 0 saturated carbocycles. The van der Waals surface area contributed by atoms with E-state index in [4.69, 9.17) is 0 Å². The van der Waals surface area contributed by atoms with Gasteiger partial charge in [-0.05, 0) is 42.7 Å². The zero-order valence-corrected chi connectivity index (χ0v) is 13.8. The number of nitrogens with one attached hydrogen (secondary N) is 1. The molecule has 0 aliphatic carbocycles. The summed E-state index contributed by atoms with van der Waals surface area (Å²) in [5.74, 6) is 0.000526. The van der Waals surface area contributed by atoms with Crippen LogP contribution in [0, 0.1) is 6.92 Å². The smallest absolute Gasteiger partial charge is 0.255 e. The van der Waals surface area contributed by atoms with Crippen LogP contribution in [-0.2, 0) is 11.2 Å². The molecule has 2 rings (SSSR count). The summed E-state index contributed by atoms with van der Waals surface area (Å²) in [6.07, 6.45) is 1.19. The Bertz CT molecular complexity index is 691. The molecule has 0 saturated heterocycles. The third kappa shape index (κ3) is 4.68. The number of hydrogen-bond donors (Lipinski definition) is 1. The van der Waals surface area contributed by atoms with Crippen LogP contribution in [0.2, 0.25) is 0 Å². The number of rotatable bonds is 5. The number of nitrogens with zero attached hydrogens (tertiary/aromatic N) is 1. The summed E-state index contributed by atoms with van der Waals surface area (Å²) in [7, 11) is 3.51. The number of benzene rings is 2. The van der Waals surface area contributed by atoms with Crippen molar-refractivity contribution in [1.82, 2.24) is 4.90 Å². The van der Waals surface area contributed by atoms with Crippen LogP contribution in [0.1, 0.15) is 27.9 Å². The predicted molar refractivity (Wildman–Crippen MR) is 92.6 cm³/mol. The van der Waals surface area contributed by atoms with Gasteiger partial charge in [0.1, 0.15) is 0 Å². The number of aryl methyl sites for hydroxylation is 2. The van der Waals surface area contributed by atoms with Crippen molar-refractivity contribution >= 4 is 17.5 Å². The molecular weight excluding hydrogens is 288 g/mol. The van der Waals surface area contributed by atoms with Crippen LogP contribution < -0.4 is 5.32 Å². The second kappa shape index (κ2) is 7.58. The van der Waals surface area contributed by atoms with Crippen molar-refractivity contribution in [3.05, 3.63) is 65.2 Å². The molecular formula is C19H22N2O2. The third-order valence-corrected chi connectivity index (χ3v) is 3.73. The summed E-state index contributed by atoms with van der Waals surface area (Å²) in [4.78, 5) is 25.4. The molecule has 23 heavy (non-hydrogen) atoms. The molecule has 2 aromatic rings. The van der Waals surface area contributed by atoms with Crippen molar-refractivity contribution in [3.63, 3.8) is 0 Å². The molecule has 0 aliphatic heterocycles. The normalized spacial score (nSPS) is 10.2. The lowest BCUT2D eigenvalue weighted by molar-refractivity contribution is -0.128. The summed E-state index contributed by atoms with van der Waals surface area (Å²) >= 11 is 0. The van der Waals surface area contributed by atoms with Crippen LogP contribution in [0.3, 0.4) is 0 Å². The molecule has 4 nitrogen and oxygen atoms in total. The van der Waals surface area contributed by atoms with Crippen molar-refractivity contribution in [1.29, 1.82) is 0 Å². The molecule has 0 unspecified atom stereocenters. The molecule has 0 atom stereocenters. The van der Waals surface area contributed by atoms with Crippen LogP contribution in [0.4, 0.5) is 5.69 Å². The second-order valence-electron chi connectivity index (χ2n) is 5.75. The van der Waals surface area contributed by atoms with E-state index in [-0.39, 0.29) is 11.8 Å². The topological polar surface area (TPSA) is 49.4 Å². The number of hydrogen-bond acceptors (Lipinski definition) is 2. The van der Waals surface area contributed by atoms with E-state index in [9.17, 15) is 9.59 Å². The lowest BCUT2D eigenvalue weighted by atomic mass is 10.1. The summed E-state index contributed by atoms with van der Waals surface area (Å²) in [6.45, 7) is 1.92. The minimum Gasteiger partial charge on any atom is -0.349 e. The molecule has 0 radical (unpaired) electrons. The monoisotopic (exact) mass is 310 g/mol. The van der Waals surface area contributed by atoms with Crippen LogP contribution in [0.25, 0.3) is 0 Å². The summed E-state index contributed by atoms with van der Waals surface area (Å²) < 4.78 is 0. The fourth-order valence-electron chi connectivity index (χ4n) is 2.26. The quantitative estimate of drug-likeness (QED) is 0.921. The number of carbonyl (C=O) groups is 2. The zero-order chi connectivity index (χ0) is 16.8. The van der Waals surface area contributed by atoms with E-state index in [1.807, 2.05) is 55.5 Å². The van der Waals surface area contributed by atoms with E-state index in [1.165, 1.54) is 0 Å². The third-order valence-electron chi connectivity index (χ3n) is 3.73. The SMILES string of the molecule is Cc1ccccc1C(=O)Nc1ccc(CCC(=O)N(C)C)cc1. The van der Waals surface area contributed by atoms with Gasteiger partial charge in [0, 0.05) is 31.8 Å². The van der Waals surface area contributed by atoms with Gasteiger partial charge < -0.3 is 10.2 Å². The van der Waals surface area contributed by atoms with Gasteiger partial charge in [0.2, 0.25) is 5.91 Å². The van der Waals surface area contributed by atoms with E-state index >= 15 is 0 Å². The van der Waals surface area contributed by atoms with Gasteiger partial charge in [-0.25, -0.2) is 0 Å². The summed E-state index contributed by atoms with van der Waals surface area (Å²) in [5.41, 5.74) is 3.45. The van der Waals surface area contributed by atoms with Gasteiger partial charge in [-0.15, -0.1) is 0 Å². The standard InChI is InChI=1S/C19H22N2O2/c1-14-6-4-5-7-17(14)19(23)20-16-11-8-15(9-12-16)10-13-18(22)21(2)3/h4-9,11-12H,10,13H2,1-3H3,(H,20,23). The van der Waals surface area contributed by atoms with Crippen LogP contribution in [0.5, 0.6) is 0 Å². The van der Waals surface area contributed by atoms with Crippen molar-refractivity contribution < 1.29 is 9.59 Å². The zero-order valence-electron chi connectivity index (χ0n) is 13.8. The first-order valence-electron chi connectivity index (χ1n) is 7.63. The Morgan fingerprint density at radius 1 is 1.00 bits per heavy atom. The highest BCUT2D eigenvalue weighted by Gasteiger charge is 2.09. The first-order valence-corrected chi connectivity index (χ1v) is 7.63. The average Bonchev–Trinajstić information content (AvgIpc) is 2.54. The summed E-state index contributed by atoms with van der Waals surface area (Å²) in [5, 5.41) is 2.90. The lowest BCUT2D eigenvalue weighted by Gasteiger charge is -2.10. The molecule has 2 amide bonds. The van der Waals surface area contributed by atoms with Crippen molar-refractivity contribution in [2.24, 2.45) is 0 Å². The van der Waals surface area contributed by atoms with Crippen molar-refractivity contribution in [2.45, 2.75) is 19.8 Å². The van der Waals surface area contributed by atoms with Gasteiger partial charge in [-0.3, -0.25) is 9.59 Å². The molecule has 0 spiro atoms. The fourth-order valence-corrected chi connectivity index (χ4v) is 2.26. The van der Waals surface area contributed by atoms with Crippen LogP contribution >= 0.6 is 0 Å². The van der Waals surface area contributed by atoms with Gasteiger partial charge in [-0.2, -0.15) is 0 Å². The molecule has 0 aromatic heterocycles. The average molecular weight is 310 g/mol. The highest BCUT2D eigenvalue weighted by Crippen LogP contribution is 2.14. The predicted octanol–water partition coefficient (Wildman–Crippen LogP) is 3.27. The fraction of sp³-hybridized carbons (Fsp3) is 0.263. The van der Waals surface area contributed by atoms with E-state index in [0.717, 1.165) is 16.8 Å². The Morgan fingerprint density at radius 2 is 1.65 bits per heavy atom. The van der Waals surface area contributed by atoms with E-state index in [0.29, 0.717) is 18.4 Å². The van der Waals surface area contributed by atoms with Crippen LogP contribution in [-0.4, -0.2) is 30.8 Å². The number of amides is 2. The summed E-state index contributed by atoms with van der Waals surface area (Å²) in [6, 6.07) is 15.1. The van der Waals surface area contributed by atoms with Crippen molar-refractivity contribution in [2.75, 3.05) is 19.4 Å². The largest absolute Gasteiger partial charge is 0.349 e. The Kier molecular flexibility index (Phi) is 5.52. The minimum absolute atomic E-state index is 0.112.